The van der Waals surface area contributed by atoms with E-state index in [-0.39, 0.29) is 0 Å². The Balaban J connectivity index is 2.72. The molecular formula is C22H48O6Si4. The second-order valence-electron chi connectivity index (χ2n) is 12.0. The highest BCUT2D eigenvalue weighted by molar-refractivity contribution is 6.90. The van der Waals surface area contributed by atoms with Crippen LogP contribution in [0.1, 0.15) is 38.5 Å². The minimum absolute atomic E-state index is 0.405. The Hall–Kier alpha value is -0.0825. The lowest BCUT2D eigenvalue weighted by molar-refractivity contribution is -0.152. The summed E-state index contributed by atoms with van der Waals surface area (Å²) in [5.74, 6) is -0.00512. The quantitative estimate of drug-likeness (QED) is 0.141. The molecule has 0 aliphatic heterocycles. The van der Waals surface area contributed by atoms with Crippen LogP contribution in [0.2, 0.25) is 65.0 Å². The largest absolute Gasteiger partial charge is 0.469 e. The molecule has 1 rings (SSSR count). The molecule has 0 heterocycles. The van der Waals surface area contributed by atoms with Crippen molar-refractivity contribution in [2.45, 2.75) is 116 Å². The fourth-order valence-corrected chi connectivity index (χ4v) is 18.9. The van der Waals surface area contributed by atoms with Gasteiger partial charge in [0.05, 0.1) is 6.10 Å². The van der Waals surface area contributed by atoms with Crippen molar-refractivity contribution < 1.29 is 27.0 Å². The molecule has 0 amide bonds. The monoisotopic (exact) mass is 520 g/mol. The van der Waals surface area contributed by atoms with Crippen LogP contribution in [-0.2, 0) is 21.9 Å². The Kier molecular flexibility index (Phi) is 11.3. The molecule has 0 saturated heterocycles. The second kappa shape index (κ2) is 12.1. The predicted octanol–water partition coefficient (Wildman–Crippen LogP) is 5.91. The van der Waals surface area contributed by atoms with Crippen molar-refractivity contribution in [2.24, 2.45) is 5.92 Å². The smallest absolute Gasteiger partial charge is 0.456 e. The van der Waals surface area contributed by atoms with E-state index in [0.717, 1.165) is 37.8 Å². The zero-order valence-corrected chi connectivity index (χ0v) is 26.0. The van der Waals surface area contributed by atoms with Crippen LogP contribution in [0.15, 0.2) is 12.7 Å². The van der Waals surface area contributed by atoms with E-state index < -0.39 is 51.9 Å². The highest BCUT2D eigenvalue weighted by Crippen LogP contribution is 2.33. The average Bonchev–Trinajstić information content (AvgIpc) is 2.56. The molecule has 0 aromatic rings. The van der Waals surface area contributed by atoms with Crippen LogP contribution in [0.25, 0.3) is 0 Å². The number of hydrogen-bond acceptors (Lipinski definition) is 6. The molecule has 0 bridgehead atoms. The first-order chi connectivity index (χ1) is 14.4. The third-order valence-corrected chi connectivity index (χ3v) is 17.1. The van der Waals surface area contributed by atoms with E-state index in [4.69, 9.17) is 17.1 Å². The summed E-state index contributed by atoms with van der Waals surface area (Å²) in [5.41, 5.74) is 0. The molecule has 0 spiro atoms. The van der Waals surface area contributed by atoms with E-state index in [1.165, 1.54) is 0 Å². The van der Waals surface area contributed by atoms with Gasteiger partial charge in [-0.25, -0.2) is 4.79 Å². The number of aliphatic hydroxyl groups excluding tert-OH is 1. The third kappa shape index (κ3) is 12.4. The van der Waals surface area contributed by atoms with E-state index in [0.29, 0.717) is 18.8 Å². The van der Waals surface area contributed by atoms with Crippen LogP contribution in [0.4, 0.5) is 0 Å². The lowest BCUT2D eigenvalue weighted by atomic mass is 9.82. The number of unbranched alkanes of at least 4 members (excludes halogenated alkanes) is 1. The molecule has 1 aliphatic rings. The van der Waals surface area contributed by atoms with Gasteiger partial charge >= 0.3 is 14.8 Å². The van der Waals surface area contributed by atoms with Gasteiger partial charge in [-0.05, 0) is 90.5 Å². The van der Waals surface area contributed by atoms with Gasteiger partial charge in [-0.3, -0.25) is 0 Å². The van der Waals surface area contributed by atoms with Gasteiger partial charge in [0.1, 0.15) is 6.10 Å². The van der Waals surface area contributed by atoms with E-state index in [1.807, 2.05) is 0 Å². The molecule has 32 heavy (non-hydrogen) atoms. The first-order valence-electron chi connectivity index (χ1n) is 12.1. The summed E-state index contributed by atoms with van der Waals surface area (Å²) in [5, 5.41) is 10.4. The molecule has 3 atom stereocenters. The van der Waals surface area contributed by atoms with Crippen molar-refractivity contribution in [1.82, 2.24) is 0 Å². The summed E-state index contributed by atoms with van der Waals surface area (Å²) in [6.45, 7) is 23.4. The Morgan fingerprint density at radius 3 is 1.81 bits per heavy atom. The molecule has 3 unspecified atom stereocenters. The Morgan fingerprint density at radius 1 is 0.906 bits per heavy atom. The van der Waals surface area contributed by atoms with Gasteiger partial charge in [-0.1, -0.05) is 19.4 Å². The molecular weight excluding hydrogens is 473 g/mol. The SMILES string of the molecule is C=CC(=O)OC1CCC(CCCC[Si](O[Si](C)(C)C)(O[Si](C)(C)C)O[Si](C)(C)C)CC1O. The zero-order valence-electron chi connectivity index (χ0n) is 22.0. The van der Waals surface area contributed by atoms with Crippen LogP contribution in [-0.4, -0.2) is 57.0 Å². The number of carbonyl (C=O) groups is 1. The summed E-state index contributed by atoms with van der Waals surface area (Å²) in [6, 6.07) is 0.862. The van der Waals surface area contributed by atoms with Crippen LogP contribution >= 0.6 is 0 Å². The topological polar surface area (TPSA) is 74.2 Å². The van der Waals surface area contributed by atoms with Crippen molar-refractivity contribution in [3.63, 3.8) is 0 Å². The first kappa shape index (κ1) is 29.9. The molecule has 1 saturated carbocycles. The van der Waals surface area contributed by atoms with Gasteiger partial charge in [-0.2, -0.15) is 0 Å². The van der Waals surface area contributed by atoms with Crippen LogP contribution in [0.5, 0.6) is 0 Å². The van der Waals surface area contributed by atoms with E-state index in [2.05, 4.69) is 65.5 Å². The van der Waals surface area contributed by atoms with Gasteiger partial charge in [-0.15, -0.1) is 0 Å². The molecule has 1 aliphatic carbocycles. The number of aliphatic hydroxyl groups is 1. The molecule has 6 nitrogen and oxygen atoms in total. The average molecular weight is 521 g/mol. The second-order valence-corrected chi connectivity index (χ2v) is 29.0. The molecule has 188 valence electrons. The summed E-state index contributed by atoms with van der Waals surface area (Å²) in [6.07, 6.45) is 5.63. The van der Waals surface area contributed by atoms with Crippen molar-refractivity contribution >= 4 is 39.7 Å². The summed E-state index contributed by atoms with van der Waals surface area (Å²) >= 11 is 0. The molecule has 0 aromatic heterocycles. The molecule has 0 radical (unpaired) electrons. The Bertz CT molecular complexity index is 568. The third-order valence-electron chi connectivity index (χ3n) is 5.03. The zero-order chi connectivity index (χ0) is 24.8. The summed E-state index contributed by atoms with van der Waals surface area (Å²) in [7, 11) is -8.30. The van der Waals surface area contributed by atoms with Crippen LogP contribution < -0.4 is 0 Å². The summed E-state index contributed by atoms with van der Waals surface area (Å²) in [4.78, 5) is 11.4. The Labute approximate surface area is 200 Å². The standard InChI is InChI=1S/C22H48O6Si4/c1-11-22(24)25-21-16-15-19(18-20(21)23)14-12-13-17-32(26-29(2,3)4,27-30(5,6)7)28-31(8,9)10/h11,19-21,23H,1,12-18H2,2-10H3. The minimum atomic E-state index is -2.77. The number of rotatable bonds is 13. The highest BCUT2D eigenvalue weighted by Gasteiger charge is 2.49. The number of carbonyl (C=O) groups excluding carboxylic acids is 1. The fraction of sp³-hybridized carbons (Fsp3) is 0.864. The van der Waals surface area contributed by atoms with Crippen molar-refractivity contribution in [3.05, 3.63) is 12.7 Å². The van der Waals surface area contributed by atoms with E-state index in [9.17, 15) is 9.90 Å². The van der Waals surface area contributed by atoms with Gasteiger partial charge < -0.3 is 22.2 Å². The lowest BCUT2D eigenvalue weighted by Crippen LogP contribution is -2.60. The number of esters is 1. The molecule has 1 N–H and O–H groups in total. The van der Waals surface area contributed by atoms with Crippen LogP contribution in [0.3, 0.4) is 0 Å². The maximum atomic E-state index is 11.4. The maximum absolute atomic E-state index is 11.4. The Morgan fingerprint density at radius 2 is 1.41 bits per heavy atom. The first-order valence-corrected chi connectivity index (χ1v) is 24.2. The van der Waals surface area contributed by atoms with Gasteiger partial charge in [0, 0.05) is 12.1 Å². The molecule has 1 fully saturated rings. The van der Waals surface area contributed by atoms with Crippen LogP contribution in [0, 0.1) is 5.92 Å². The van der Waals surface area contributed by atoms with Crippen molar-refractivity contribution in [1.29, 1.82) is 0 Å². The predicted molar refractivity (Wildman–Crippen MR) is 141 cm³/mol. The minimum Gasteiger partial charge on any atom is -0.456 e. The van der Waals surface area contributed by atoms with Gasteiger partial charge in [0.15, 0.2) is 25.0 Å². The molecule has 0 aromatic carbocycles. The number of hydrogen-bond donors (Lipinski definition) is 1. The number of ether oxygens (including phenoxy) is 1. The van der Waals surface area contributed by atoms with Gasteiger partial charge in [0.2, 0.25) is 0 Å². The van der Waals surface area contributed by atoms with E-state index >= 15 is 0 Å². The molecule has 10 heteroatoms. The van der Waals surface area contributed by atoms with Crippen molar-refractivity contribution in [3.8, 4) is 0 Å². The summed E-state index contributed by atoms with van der Waals surface area (Å²) < 4.78 is 25.5. The van der Waals surface area contributed by atoms with E-state index in [1.54, 1.807) is 0 Å². The normalized spacial score (nSPS) is 23.1. The lowest BCUT2D eigenvalue weighted by Gasteiger charge is -2.43. The fourth-order valence-electron chi connectivity index (χ4n) is 4.19. The highest BCUT2D eigenvalue weighted by atomic mass is 28.5. The van der Waals surface area contributed by atoms with Crippen molar-refractivity contribution in [2.75, 3.05) is 0 Å². The van der Waals surface area contributed by atoms with Gasteiger partial charge in [0.25, 0.3) is 0 Å². The maximum Gasteiger partial charge on any atom is 0.469 e.